The zero-order chi connectivity index (χ0) is 17.2. The number of thiazole rings is 1. The van der Waals surface area contributed by atoms with E-state index < -0.39 is 10.0 Å². The highest BCUT2D eigenvalue weighted by Gasteiger charge is 2.36. The number of nitrogens with zero attached hydrogens (tertiary/aromatic N) is 3. The first-order valence-electron chi connectivity index (χ1n) is 8.24. The molecule has 0 aromatic carbocycles. The summed E-state index contributed by atoms with van der Waals surface area (Å²) in [5.74, 6) is 0.547. The number of hydrogen-bond acceptors (Lipinski definition) is 6. The topological polar surface area (TPSA) is 82.6 Å². The Kier molecular flexibility index (Phi) is 5.53. The van der Waals surface area contributed by atoms with Gasteiger partial charge in [-0.15, -0.1) is 11.3 Å². The van der Waals surface area contributed by atoms with E-state index >= 15 is 0 Å². The monoisotopic (exact) mass is 372 g/mol. The van der Waals surface area contributed by atoms with Crippen molar-refractivity contribution in [2.75, 3.05) is 32.4 Å². The Morgan fingerprint density at radius 3 is 2.92 bits per heavy atom. The summed E-state index contributed by atoms with van der Waals surface area (Å²) >= 11 is 1.61. The van der Waals surface area contributed by atoms with Crippen LogP contribution in [0.5, 0.6) is 0 Å². The van der Waals surface area contributed by atoms with Crippen LogP contribution < -0.4 is 4.72 Å². The Morgan fingerprint density at radius 1 is 1.38 bits per heavy atom. The molecule has 7 nitrogen and oxygen atoms in total. The highest BCUT2D eigenvalue weighted by molar-refractivity contribution is 7.88. The molecule has 4 heterocycles. The molecule has 134 valence electrons. The van der Waals surface area contributed by atoms with Crippen LogP contribution in [0.3, 0.4) is 0 Å². The number of piperidine rings is 1. The predicted octanol–water partition coefficient (Wildman–Crippen LogP) is 0.505. The molecule has 1 aromatic rings. The lowest BCUT2D eigenvalue weighted by atomic mass is 9.95. The van der Waals surface area contributed by atoms with E-state index in [1.165, 1.54) is 0 Å². The van der Waals surface area contributed by atoms with Crippen molar-refractivity contribution < 1.29 is 13.2 Å². The molecule has 2 bridgehead atoms. The SMILES string of the molecule is CS(=O)(=O)NCCC(=O)N1C[C@H]2CC[C@@H]1CN(Cc1cscn1)C2. The number of carbonyl (C=O) groups excluding carboxylic acids is 1. The number of aromatic nitrogens is 1. The first-order valence-corrected chi connectivity index (χ1v) is 11.1. The highest BCUT2D eigenvalue weighted by atomic mass is 32.2. The maximum absolute atomic E-state index is 12.5. The van der Waals surface area contributed by atoms with Gasteiger partial charge in [0, 0.05) is 50.6 Å². The maximum Gasteiger partial charge on any atom is 0.224 e. The van der Waals surface area contributed by atoms with Crippen LogP contribution in [0.2, 0.25) is 0 Å². The number of rotatable bonds is 6. The third-order valence-electron chi connectivity index (χ3n) is 4.68. The van der Waals surface area contributed by atoms with Crippen LogP contribution in [-0.4, -0.2) is 67.6 Å². The second-order valence-electron chi connectivity index (χ2n) is 6.73. The number of carbonyl (C=O) groups is 1. The van der Waals surface area contributed by atoms with Gasteiger partial charge in [-0.1, -0.05) is 0 Å². The van der Waals surface area contributed by atoms with Crippen molar-refractivity contribution in [2.24, 2.45) is 5.92 Å². The van der Waals surface area contributed by atoms with Gasteiger partial charge in [0.15, 0.2) is 0 Å². The minimum Gasteiger partial charge on any atom is -0.338 e. The largest absolute Gasteiger partial charge is 0.338 e. The fourth-order valence-corrected chi connectivity index (χ4v) is 4.67. The van der Waals surface area contributed by atoms with E-state index in [1.807, 2.05) is 10.4 Å². The molecule has 4 rings (SSSR count). The van der Waals surface area contributed by atoms with Gasteiger partial charge >= 0.3 is 0 Å². The fourth-order valence-electron chi connectivity index (χ4n) is 3.65. The minimum atomic E-state index is -3.24. The molecule has 3 aliphatic rings. The van der Waals surface area contributed by atoms with E-state index in [2.05, 4.69) is 20.0 Å². The summed E-state index contributed by atoms with van der Waals surface area (Å²) in [6.45, 7) is 3.68. The molecule has 0 unspecified atom stereocenters. The van der Waals surface area contributed by atoms with E-state index in [9.17, 15) is 13.2 Å². The van der Waals surface area contributed by atoms with Crippen molar-refractivity contribution in [1.29, 1.82) is 0 Å². The second-order valence-corrected chi connectivity index (χ2v) is 9.29. The molecule has 0 saturated carbocycles. The second kappa shape index (κ2) is 7.47. The fraction of sp³-hybridized carbons (Fsp3) is 0.733. The standard InChI is InChI=1S/C15H24N4O3S2/c1-24(21,22)17-5-4-15(20)19-7-12-2-3-14(19)9-18(6-12)8-13-10-23-11-16-13/h10-12,14,17H,2-9H2,1H3/t12-,14+/m0/s1. The Labute approximate surface area is 147 Å². The lowest BCUT2D eigenvalue weighted by molar-refractivity contribution is -0.135. The minimum absolute atomic E-state index is 0.0522. The van der Waals surface area contributed by atoms with E-state index in [4.69, 9.17) is 0 Å². The summed E-state index contributed by atoms with van der Waals surface area (Å²) in [5, 5.41) is 2.08. The highest BCUT2D eigenvalue weighted by Crippen LogP contribution is 2.29. The Bertz CT molecular complexity index is 662. The molecule has 0 aliphatic carbocycles. The molecule has 0 spiro atoms. The number of fused-ring (bicyclic) bond motifs is 4. The molecule has 3 aliphatic heterocycles. The zero-order valence-corrected chi connectivity index (χ0v) is 15.5. The van der Waals surface area contributed by atoms with Crippen molar-refractivity contribution in [3.63, 3.8) is 0 Å². The van der Waals surface area contributed by atoms with Crippen molar-refractivity contribution in [2.45, 2.75) is 31.8 Å². The van der Waals surface area contributed by atoms with Crippen LogP contribution in [0.4, 0.5) is 0 Å². The average molecular weight is 373 g/mol. The van der Waals surface area contributed by atoms with Gasteiger partial charge in [-0.05, 0) is 18.8 Å². The van der Waals surface area contributed by atoms with Crippen molar-refractivity contribution >= 4 is 27.3 Å². The number of amides is 1. The van der Waals surface area contributed by atoms with Crippen LogP contribution in [0.25, 0.3) is 0 Å². The summed E-state index contributed by atoms with van der Waals surface area (Å²) < 4.78 is 24.6. The average Bonchev–Trinajstić information content (AvgIpc) is 2.85. The third kappa shape index (κ3) is 4.75. The smallest absolute Gasteiger partial charge is 0.224 e. The molecule has 9 heteroatoms. The summed E-state index contributed by atoms with van der Waals surface area (Å²) in [6.07, 6.45) is 3.52. The number of sulfonamides is 1. The molecule has 3 saturated heterocycles. The molecule has 24 heavy (non-hydrogen) atoms. The lowest BCUT2D eigenvalue weighted by Crippen LogP contribution is -2.48. The van der Waals surface area contributed by atoms with E-state index in [0.29, 0.717) is 5.92 Å². The van der Waals surface area contributed by atoms with Crippen molar-refractivity contribution in [1.82, 2.24) is 19.5 Å². The van der Waals surface area contributed by atoms with E-state index in [-0.39, 0.29) is 24.9 Å². The molecular weight excluding hydrogens is 348 g/mol. The molecular formula is C15H24N4O3S2. The molecule has 1 aromatic heterocycles. The Morgan fingerprint density at radius 2 is 2.21 bits per heavy atom. The zero-order valence-electron chi connectivity index (χ0n) is 13.8. The molecule has 1 N–H and O–H groups in total. The summed E-state index contributed by atoms with van der Waals surface area (Å²) in [4.78, 5) is 21.2. The normalized spacial score (nSPS) is 25.0. The van der Waals surface area contributed by atoms with Gasteiger partial charge in [0.1, 0.15) is 0 Å². The number of hydrogen-bond donors (Lipinski definition) is 1. The predicted molar refractivity (Wildman–Crippen MR) is 93.1 cm³/mol. The van der Waals surface area contributed by atoms with Crippen LogP contribution in [-0.2, 0) is 21.4 Å². The van der Waals surface area contributed by atoms with Gasteiger partial charge < -0.3 is 4.90 Å². The van der Waals surface area contributed by atoms with Gasteiger partial charge in [-0.2, -0.15) is 0 Å². The van der Waals surface area contributed by atoms with Crippen LogP contribution in [0.1, 0.15) is 25.0 Å². The quantitative estimate of drug-likeness (QED) is 0.787. The molecule has 2 atom stereocenters. The van der Waals surface area contributed by atoms with Crippen molar-refractivity contribution in [3.8, 4) is 0 Å². The lowest BCUT2D eigenvalue weighted by Gasteiger charge is -2.36. The van der Waals surface area contributed by atoms with Crippen LogP contribution in [0.15, 0.2) is 10.9 Å². The van der Waals surface area contributed by atoms with Crippen LogP contribution in [0, 0.1) is 5.92 Å². The van der Waals surface area contributed by atoms with Gasteiger partial charge in [-0.25, -0.2) is 18.1 Å². The van der Waals surface area contributed by atoms with E-state index in [1.54, 1.807) is 11.3 Å². The third-order valence-corrected chi connectivity index (χ3v) is 6.05. The first kappa shape index (κ1) is 17.8. The Hall–Kier alpha value is -1.03. The summed E-state index contributed by atoms with van der Waals surface area (Å²) in [7, 11) is -3.24. The number of nitrogens with one attached hydrogen (secondary N) is 1. The summed E-state index contributed by atoms with van der Waals surface area (Å²) in [5.41, 5.74) is 2.95. The van der Waals surface area contributed by atoms with E-state index in [0.717, 1.165) is 51.0 Å². The van der Waals surface area contributed by atoms with Crippen molar-refractivity contribution in [3.05, 3.63) is 16.6 Å². The van der Waals surface area contributed by atoms with Gasteiger partial charge in [-0.3, -0.25) is 9.69 Å². The van der Waals surface area contributed by atoms with Crippen LogP contribution >= 0.6 is 11.3 Å². The summed E-state index contributed by atoms with van der Waals surface area (Å²) in [6, 6.07) is 0.230. The molecule has 1 amide bonds. The van der Waals surface area contributed by atoms with Gasteiger partial charge in [0.05, 0.1) is 17.5 Å². The van der Waals surface area contributed by atoms with Gasteiger partial charge in [0.25, 0.3) is 0 Å². The molecule has 0 radical (unpaired) electrons. The maximum atomic E-state index is 12.5. The Balaban J connectivity index is 1.57. The molecule has 3 fully saturated rings. The first-order chi connectivity index (χ1) is 11.4. The van der Waals surface area contributed by atoms with Gasteiger partial charge in [0.2, 0.25) is 15.9 Å².